The lowest BCUT2D eigenvalue weighted by Crippen LogP contribution is -2.60. The summed E-state index contributed by atoms with van der Waals surface area (Å²) in [7, 11) is -5.12. The molecule has 350 valence electrons. The quantitative estimate of drug-likeness (QED) is 0.175. The van der Waals surface area contributed by atoms with Gasteiger partial charge in [-0.3, -0.25) is 14.4 Å². The number of pyridine rings is 1. The monoisotopic (exact) mass is 943 g/mol. The molecule has 1 aromatic carbocycles. The molecular formula is C39H48ClF6N5O11S. The maximum absolute atomic E-state index is 14.8. The molecule has 2 aromatic rings. The van der Waals surface area contributed by atoms with Gasteiger partial charge in [0.2, 0.25) is 23.3 Å². The molecule has 3 heterocycles. The molecule has 0 spiro atoms. The summed E-state index contributed by atoms with van der Waals surface area (Å²) in [5.74, 6) is -4.21. The minimum absolute atomic E-state index is 0.0953. The number of carbonyl (C=O) groups is 4. The highest BCUT2D eigenvalue weighted by molar-refractivity contribution is 7.85. The van der Waals surface area contributed by atoms with Crippen molar-refractivity contribution in [1.82, 2.24) is 25.2 Å². The van der Waals surface area contributed by atoms with E-state index in [1.165, 1.54) is 6.07 Å². The third-order valence-electron chi connectivity index (χ3n) is 11.7. The highest BCUT2D eigenvalue weighted by Gasteiger charge is 2.63. The first-order chi connectivity index (χ1) is 29.3. The van der Waals surface area contributed by atoms with Crippen LogP contribution in [0.3, 0.4) is 0 Å². The third kappa shape index (κ3) is 11.1. The minimum atomic E-state index is -5.12. The molecule has 0 unspecified atom stereocenters. The van der Waals surface area contributed by atoms with Crippen molar-refractivity contribution in [2.45, 2.75) is 126 Å². The Hall–Kier alpha value is -4.35. The molecule has 3 N–H and O–H groups in total. The number of rotatable bonds is 16. The van der Waals surface area contributed by atoms with Crippen molar-refractivity contribution in [3.05, 3.63) is 29.3 Å². The fourth-order valence-corrected chi connectivity index (χ4v) is 9.31. The Morgan fingerprint density at radius 3 is 2.33 bits per heavy atom. The van der Waals surface area contributed by atoms with Gasteiger partial charge in [0.1, 0.15) is 29.5 Å². The second kappa shape index (κ2) is 17.9. The maximum atomic E-state index is 14.8. The van der Waals surface area contributed by atoms with Crippen LogP contribution in [0.15, 0.2) is 24.3 Å². The Balaban J connectivity index is 1.31. The zero-order valence-electron chi connectivity index (χ0n) is 34.6. The van der Waals surface area contributed by atoms with Crippen molar-refractivity contribution in [1.29, 1.82) is 0 Å². The summed E-state index contributed by atoms with van der Waals surface area (Å²) in [6, 6.07) is 3.31. The van der Waals surface area contributed by atoms with Crippen LogP contribution >= 0.6 is 11.6 Å². The standard InChI is InChI=1S/C39H48ClF6N5O11S/c1-5-22-18-37(22,33(54)50-63(56,57)62-36(12-13-36)20-38(41,42)43)49-31(52)26-16-23(60-27-17-28(59-6-2)47-30-24(27)8-7-9-25(30)40)19-51(26)32(53)29(21-10-14-58-15-11-21)48-34(55)61-35(3,4)39(44,45)46/h7-9,17,21-23,26,29H,5-6,10-16,18-20H2,1-4H3,(H,48,55)(H,49,52)(H,50,54)/t22-,23-,26+,29+,37-/m1/s1. The average Bonchev–Trinajstić information content (AvgIpc) is 4.05. The highest BCUT2D eigenvalue weighted by atomic mass is 35.5. The zero-order chi connectivity index (χ0) is 46.3. The van der Waals surface area contributed by atoms with Gasteiger partial charge in [-0.25, -0.2) is 18.7 Å². The SMILES string of the molecule is CCOc1cc(O[C@@H]2C[C@@H](C(=O)N[C@]3(C(=O)NS(=O)(=O)OC4(CC(F)(F)F)CC4)C[C@H]3CC)N(C(=O)[C@@H](NC(=O)OC(C)(C)C(F)(F)F)C3CCOCC3)C2)c2cccc(Cl)c2n1. The van der Waals surface area contributed by atoms with E-state index in [2.05, 4.69) is 15.6 Å². The number of hydrogen-bond donors (Lipinski definition) is 3. The van der Waals surface area contributed by atoms with E-state index in [1.54, 1.807) is 36.8 Å². The Labute approximate surface area is 363 Å². The molecule has 4 aliphatic rings. The van der Waals surface area contributed by atoms with Crippen LogP contribution in [0.4, 0.5) is 31.1 Å². The van der Waals surface area contributed by atoms with Gasteiger partial charge in [-0.2, -0.15) is 34.8 Å². The van der Waals surface area contributed by atoms with Gasteiger partial charge in [-0.15, -0.1) is 0 Å². The van der Waals surface area contributed by atoms with Gasteiger partial charge < -0.3 is 34.5 Å². The number of likely N-dealkylation sites (tertiary alicyclic amines) is 1. The Bertz CT molecular complexity index is 2190. The van der Waals surface area contributed by atoms with Crippen molar-refractivity contribution in [3.63, 3.8) is 0 Å². The number of alkyl carbamates (subject to hydrolysis) is 1. The lowest BCUT2D eigenvalue weighted by Gasteiger charge is -2.35. The van der Waals surface area contributed by atoms with Gasteiger partial charge in [-0.05, 0) is 76.8 Å². The van der Waals surface area contributed by atoms with Gasteiger partial charge in [0.25, 0.3) is 5.91 Å². The van der Waals surface area contributed by atoms with Crippen LogP contribution in [-0.2, 0) is 38.3 Å². The first-order valence-electron chi connectivity index (χ1n) is 20.3. The van der Waals surface area contributed by atoms with Crippen molar-refractivity contribution in [2.75, 3.05) is 26.4 Å². The molecule has 16 nitrogen and oxygen atoms in total. The summed E-state index contributed by atoms with van der Waals surface area (Å²) in [5.41, 5.74) is -6.64. The molecule has 1 aromatic heterocycles. The topological polar surface area (TPSA) is 201 Å². The number of nitrogens with one attached hydrogen (secondary N) is 3. The molecule has 24 heteroatoms. The van der Waals surface area contributed by atoms with Crippen LogP contribution in [0.1, 0.15) is 79.1 Å². The summed E-state index contributed by atoms with van der Waals surface area (Å²) in [6.07, 6.45) is -14.1. The molecular weight excluding hydrogens is 896 g/mol. The first-order valence-corrected chi connectivity index (χ1v) is 22.1. The van der Waals surface area contributed by atoms with E-state index in [9.17, 15) is 53.9 Å². The molecule has 2 aliphatic heterocycles. The van der Waals surface area contributed by atoms with E-state index >= 15 is 0 Å². The second-order valence-electron chi connectivity index (χ2n) is 16.7. The molecule has 4 fully saturated rings. The van der Waals surface area contributed by atoms with Crippen molar-refractivity contribution >= 4 is 56.6 Å². The number of hydrogen-bond acceptors (Lipinski definition) is 12. The molecule has 2 saturated heterocycles. The normalized spacial score (nSPS) is 24.3. The van der Waals surface area contributed by atoms with E-state index in [-0.39, 0.29) is 88.0 Å². The van der Waals surface area contributed by atoms with E-state index in [0.717, 1.165) is 4.90 Å². The highest BCUT2D eigenvalue weighted by Crippen LogP contribution is 2.50. The lowest BCUT2D eigenvalue weighted by molar-refractivity contribution is -0.244. The summed E-state index contributed by atoms with van der Waals surface area (Å²) < 4.78 is 135. The van der Waals surface area contributed by atoms with E-state index in [4.69, 9.17) is 34.7 Å². The van der Waals surface area contributed by atoms with Gasteiger partial charge >= 0.3 is 28.8 Å². The average molecular weight is 944 g/mol. The van der Waals surface area contributed by atoms with Crippen molar-refractivity contribution in [3.8, 4) is 11.6 Å². The molecule has 6 rings (SSSR count). The summed E-state index contributed by atoms with van der Waals surface area (Å²) in [4.78, 5) is 61.6. The predicted octanol–water partition coefficient (Wildman–Crippen LogP) is 5.65. The number of aromatic nitrogens is 1. The van der Waals surface area contributed by atoms with Crippen LogP contribution < -0.4 is 24.8 Å². The van der Waals surface area contributed by atoms with Crippen LogP contribution in [0.5, 0.6) is 11.6 Å². The van der Waals surface area contributed by atoms with E-state index < -0.39 is 99.7 Å². The molecule has 0 radical (unpaired) electrons. The number of amides is 4. The molecule has 0 bridgehead atoms. The predicted molar refractivity (Wildman–Crippen MR) is 210 cm³/mol. The minimum Gasteiger partial charge on any atom is -0.488 e. The summed E-state index contributed by atoms with van der Waals surface area (Å²) >= 11 is 6.46. The number of halogens is 7. The smallest absolute Gasteiger partial charge is 0.427 e. The number of fused-ring (bicyclic) bond motifs is 1. The third-order valence-corrected chi connectivity index (χ3v) is 13.0. The van der Waals surface area contributed by atoms with E-state index in [1.807, 2.05) is 0 Å². The Kier molecular flexibility index (Phi) is 13.7. The summed E-state index contributed by atoms with van der Waals surface area (Å²) in [6.45, 7) is 4.77. The molecule has 2 aliphatic carbocycles. The van der Waals surface area contributed by atoms with Gasteiger partial charge in [0.05, 0.1) is 35.7 Å². The fourth-order valence-electron chi connectivity index (χ4n) is 7.96. The number of alkyl halides is 6. The Morgan fingerprint density at radius 1 is 1.06 bits per heavy atom. The fraction of sp³-hybridized carbons (Fsp3) is 0.667. The van der Waals surface area contributed by atoms with E-state index in [0.29, 0.717) is 24.8 Å². The van der Waals surface area contributed by atoms with Gasteiger partial charge in [0, 0.05) is 31.1 Å². The second-order valence-corrected chi connectivity index (χ2v) is 18.4. The molecule has 63 heavy (non-hydrogen) atoms. The summed E-state index contributed by atoms with van der Waals surface area (Å²) in [5, 5.41) is 5.56. The largest absolute Gasteiger partial charge is 0.488 e. The number of carbonyl (C=O) groups excluding carboxylic acids is 4. The maximum Gasteiger partial charge on any atom is 0.427 e. The lowest BCUT2D eigenvalue weighted by atomic mass is 9.90. The molecule has 5 atom stereocenters. The van der Waals surface area contributed by atoms with Crippen LogP contribution in [0, 0.1) is 11.8 Å². The van der Waals surface area contributed by atoms with Gasteiger partial charge in [0.15, 0.2) is 0 Å². The number of ether oxygens (including phenoxy) is 4. The van der Waals surface area contributed by atoms with Crippen LogP contribution in [0.2, 0.25) is 5.02 Å². The number of para-hydroxylation sites is 1. The van der Waals surface area contributed by atoms with Crippen LogP contribution in [0.25, 0.3) is 10.9 Å². The molecule has 4 amide bonds. The van der Waals surface area contributed by atoms with Crippen molar-refractivity contribution < 1.29 is 77.1 Å². The number of nitrogens with zero attached hydrogens (tertiary/aromatic N) is 2. The zero-order valence-corrected chi connectivity index (χ0v) is 36.2. The first kappa shape index (κ1) is 48.1. The Morgan fingerprint density at radius 2 is 1.75 bits per heavy atom. The van der Waals surface area contributed by atoms with Crippen LogP contribution in [-0.4, -0.2) is 116 Å². The van der Waals surface area contributed by atoms with Crippen molar-refractivity contribution in [2.24, 2.45) is 11.8 Å². The molecule has 2 saturated carbocycles. The van der Waals surface area contributed by atoms with Gasteiger partial charge in [-0.1, -0.05) is 31.0 Å². The number of benzene rings is 1.